The Morgan fingerprint density at radius 2 is 0.312 bits per heavy atom. The summed E-state index contributed by atoms with van der Waals surface area (Å²) in [6.45, 7) is 30.8. The average molecular weight is 1730 g/mol. The standard InChI is InChI=1S/2C36H44N4O4.C32H36N4O4/c2*1-5-19-41-29-23-27(37-35(39-29)43-21-7-3)33-31(25-15-11-9-12-16-25)34(32(33)26-17-13-10-14-18-26)28-24-30(42-20-6-2)40-36(38-28)44-22-8-4;1-5-37-25-19-23(33-31(35-25)39-7-3)29-27(21-15-11-9-12-16-21)30(28(29)22-17-13-10-14-18-22)24-20-26(38-6-2)36-32(34-24)40-8-4/h2*9-18,23-24,31-34H,5-8,19-22H2,1-4H3;9-20,27-30H,5-8H2,1-4H3. The summed E-state index contributed by atoms with van der Waals surface area (Å²) in [6.07, 6.45) is 6.98. The molecule has 0 amide bonds. The van der Waals surface area contributed by atoms with E-state index >= 15 is 0 Å². The quantitative estimate of drug-likeness (QED) is 0.0343. The molecule has 0 unspecified atom stereocenters. The predicted octanol–water partition coefficient (Wildman–Crippen LogP) is 22.1. The lowest BCUT2D eigenvalue weighted by Crippen LogP contribution is -2.41. The van der Waals surface area contributed by atoms with Crippen LogP contribution in [0.2, 0.25) is 0 Å². The first kappa shape index (κ1) is 93.1. The minimum absolute atomic E-state index is 0.00994. The largest absolute Gasteiger partial charge is 0.478 e. The summed E-state index contributed by atoms with van der Waals surface area (Å²) < 4.78 is 71.4. The van der Waals surface area contributed by atoms with E-state index in [4.69, 9.17) is 86.7 Å². The molecule has 0 N–H and O–H groups in total. The van der Waals surface area contributed by atoms with Gasteiger partial charge in [-0.2, -0.15) is 59.8 Å². The maximum absolute atomic E-state index is 6.05. The fraction of sp³-hybridized carbons (Fsp3) is 0.423. The molecule has 12 aromatic rings. The zero-order valence-corrected chi connectivity index (χ0v) is 76.1. The molecule has 24 nitrogen and oxygen atoms in total. The van der Waals surface area contributed by atoms with Crippen molar-refractivity contribution in [2.24, 2.45) is 0 Å². The molecular weight excluding hydrogens is 1610 g/mol. The van der Waals surface area contributed by atoms with Crippen molar-refractivity contribution in [2.45, 2.75) is 205 Å². The van der Waals surface area contributed by atoms with Crippen molar-refractivity contribution in [3.63, 3.8) is 0 Å². The molecular formula is C104H124N12O12. The lowest BCUT2D eigenvalue weighted by Gasteiger charge is -2.52. The van der Waals surface area contributed by atoms with Gasteiger partial charge < -0.3 is 56.8 Å². The molecule has 128 heavy (non-hydrogen) atoms. The molecule has 6 aromatic carbocycles. The normalized spacial score (nSPS) is 19.4. The topological polar surface area (TPSA) is 265 Å². The third kappa shape index (κ3) is 23.4. The number of rotatable bonds is 44. The van der Waals surface area contributed by atoms with Crippen LogP contribution in [-0.2, 0) is 0 Å². The molecule has 0 saturated heterocycles. The van der Waals surface area contributed by atoms with Crippen molar-refractivity contribution in [1.82, 2.24) is 59.8 Å². The Kier molecular flexibility index (Phi) is 34.8. The van der Waals surface area contributed by atoms with E-state index in [0.29, 0.717) is 151 Å². The van der Waals surface area contributed by atoms with Gasteiger partial charge in [0.1, 0.15) is 0 Å². The first-order valence-electron chi connectivity index (χ1n) is 46.2. The van der Waals surface area contributed by atoms with Crippen molar-refractivity contribution < 1.29 is 56.8 Å². The summed E-state index contributed by atoms with van der Waals surface area (Å²) in [5, 5.41) is 0. The molecule has 672 valence electrons. The van der Waals surface area contributed by atoms with Crippen molar-refractivity contribution in [2.75, 3.05) is 79.3 Å². The van der Waals surface area contributed by atoms with Crippen molar-refractivity contribution in [3.8, 4) is 71.3 Å². The molecule has 0 bridgehead atoms. The van der Waals surface area contributed by atoms with E-state index in [2.05, 4.69) is 255 Å². The number of hydrogen-bond acceptors (Lipinski definition) is 24. The summed E-state index contributed by atoms with van der Waals surface area (Å²) in [5.41, 5.74) is 12.6. The molecule has 24 heteroatoms. The molecule has 6 aromatic heterocycles. The Balaban J connectivity index is 0.000000164. The van der Waals surface area contributed by atoms with E-state index < -0.39 is 0 Å². The molecule has 0 radical (unpaired) electrons. The minimum atomic E-state index is 0.00994. The molecule has 3 aliphatic carbocycles. The molecule has 3 saturated carbocycles. The second kappa shape index (κ2) is 47.8. The lowest BCUT2D eigenvalue weighted by atomic mass is 9.50. The van der Waals surface area contributed by atoms with Gasteiger partial charge in [0.05, 0.1) is 113 Å². The number of benzene rings is 6. The van der Waals surface area contributed by atoms with Gasteiger partial charge in [-0.3, -0.25) is 0 Å². The van der Waals surface area contributed by atoms with Crippen LogP contribution in [0.4, 0.5) is 0 Å². The highest BCUT2D eigenvalue weighted by atomic mass is 16.5. The fourth-order valence-electron chi connectivity index (χ4n) is 17.5. The van der Waals surface area contributed by atoms with Gasteiger partial charge in [0, 0.05) is 107 Å². The highest BCUT2D eigenvalue weighted by Crippen LogP contribution is 2.69. The molecule has 15 rings (SSSR count). The third-order valence-corrected chi connectivity index (χ3v) is 22.7. The van der Waals surface area contributed by atoms with E-state index in [1.807, 2.05) is 76.2 Å². The van der Waals surface area contributed by atoms with Crippen LogP contribution in [0.1, 0.15) is 273 Å². The Labute approximate surface area is 754 Å². The van der Waals surface area contributed by atoms with E-state index in [0.717, 1.165) is 85.5 Å². The summed E-state index contributed by atoms with van der Waals surface area (Å²) in [7, 11) is 0. The van der Waals surface area contributed by atoms with Crippen LogP contribution in [0.3, 0.4) is 0 Å². The van der Waals surface area contributed by atoms with Crippen LogP contribution in [0, 0.1) is 0 Å². The second-order valence-corrected chi connectivity index (χ2v) is 31.8. The van der Waals surface area contributed by atoms with E-state index in [9.17, 15) is 0 Å². The van der Waals surface area contributed by atoms with Gasteiger partial charge >= 0.3 is 36.1 Å². The number of nitrogens with zero attached hydrogens (tertiary/aromatic N) is 12. The maximum atomic E-state index is 6.05. The van der Waals surface area contributed by atoms with Crippen LogP contribution in [0.5, 0.6) is 71.3 Å². The summed E-state index contributed by atoms with van der Waals surface area (Å²) in [4.78, 5) is 57.2. The van der Waals surface area contributed by atoms with Crippen molar-refractivity contribution in [3.05, 3.63) is 286 Å². The van der Waals surface area contributed by atoms with Crippen LogP contribution >= 0.6 is 0 Å². The number of hydrogen-bond donors (Lipinski definition) is 0. The van der Waals surface area contributed by atoms with Gasteiger partial charge in [-0.1, -0.05) is 237 Å². The van der Waals surface area contributed by atoms with Gasteiger partial charge in [-0.15, -0.1) is 0 Å². The maximum Gasteiger partial charge on any atom is 0.319 e. The van der Waals surface area contributed by atoms with Crippen molar-refractivity contribution in [1.29, 1.82) is 0 Å². The molecule has 0 aliphatic heterocycles. The van der Waals surface area contributed by atoms with Crippen LogP contribution in [0.25, 0.3) is 0 Å². The van der Waals surface area contributed by atoms with E-state index in [1.54, 1.807) is 0 Å². The van der Waals surface area contributed by atoms with Crippen molar-refractivity contribution >= 4 is 0 Å². The Morgan fingerprint density at radius 3 is 0.469 bits per heavy atom. The molecule has 0 spiro atoms. The fourth-order valence-corrected chi connectivity index (χ4v) is 17.5. The first-order chi connectivity index (χ1) is 63.0. The smallest absolute Gasteiger partial charge is 0.319 e. The number of aromatic nitrogens is 12. The minimum Gasteiger partial charge on any atom is -0.478 e. The summed E-state index contributed by atoms with van der Waals surface area (Å²) in [6, 6.07) is 77.5. The second-order valence-electron chi connectivity index (χ2n) is 31.8. The SMILES string of the molecule is CCCOc1cc(C2C(c3ccccc3)C(c3cc(OCCC)nc(OCCC)n3)C2c2ccccc2)nc(OCCC)n1.CCCOc1cc(C2C(c3ccccc3)C(c3cc(OCCC)nc(OCCC)n3)C2c2ccccc2)nc(OCCC)n1.CCOc1cc(C2C(c3ccccc3)C(c3cc(OCC)nc(OCC)n3)C2c2ccccc2)nc(OCC)n1. The Bertz CT molecular complexity index is 4610. The van der Waals surface area contributed by atoms with Gasteiger partial charge in [0.15, 0.2) is 0 Å². The van der Waals surface area contributed by atoms with Gasteiger partial charge in [0.2, 0.25) is 35.3 Å². The van der Waals surface area contributed by atoms with E-state index in [-0.39, 0.29) is 71.0 Å². The van der Waals surface area contributed by atoms with Gasteiger partial charge in [0.25, 0.3) is 0 Å². The van der Waals surface area contributed by atoms with Crippen LogP contribution < -0.4 is 56.8 Å². The Hall–Kier alpha value is -12.6. The zero-order chi connectivity index (χ0) is 89.4. The molecule has 3 aliphatic rings. The van der Waals surface area contributed by atoms with E-state index in [1.165, 1.54) is 33.4 Å². The predicted molar refractivity (Wildman–Crippen MR) is 495 cm³/mol. The molecule has 0 atom stereocenters. The highest BCUT2D eigenvalue weighted by Gasteiger charge is 2.58. The zero-order valence-electron chi connectivity index (χ0n) is 76.1. The number of ether oxygens (including phenoxy) is 12. The first-order valence-corrected chi connectivity index (χ1v) is 46.2. The third-order valence-electron chi connectivity index (χ3n) is 22.7. The van der Waals surface area contributed by atoms with Crippen LogP contribution in [-0.4, -0.2) is 139 Å². The monoisotopic (exact) mass is 1730 g/mol. The summed E-state index contributed by atoms with van der Waals surface area (Å²) in [5.74, 6) is 3.59. The highest BCUT2D eigenvalue weighted by molar-refractivity contribution is 5.51. The molecule has 3 fully saturated rings. The molecule has 6 heterocycles. The average Bonchev–Trinajstić information content (AvgIpc) is 0.721. The van der Waals surface area contributed by atoms with Gasteiger partial charge in [-0.05, 0) is 112 Å². The van der Waals surface area contributed by atoms with Gasteiger partial charge in [-0.25, -0.2) is 0 Å². The van der Waals surface area contributed by atoms with Crippen LogP contribution in [0.15, 0.2) is 218 Å². The summed E-state index contributed by atoms with van der Waals surface area (Å²) >= 11 is 0. The lowest BCUT2D eigenvalue weighted by molar-refractivity contribution is 0.208. The Morgan fingerprint density at radius 1 is 0.164 bits per heavy atom.